The van der Waals surface area contributed by atoms with Crippen molar-refractivity contribution in [3.05, 3.63) is 48.3 Å². The fourth-order valence-corrected chi connectivity index (χ4v) is 3.60. The molecule has 0 amide bonds. The van der Waals surface area contributed by atoms with Crippen LogP contribution in [0.4, 0.5) is 0 Å². The van der Waals surface area contributed by atoms with Crippen molar-refractivity contribution in [1.29, 1.82) is 0 Å². The van der Waals surface area contributed by atoms with Gasteiger partial charge in [-0.2, -0.15) is 5.10 Å². The van der Waals surface area contributed by atoms with Crippen molar-refractivity contribution < 1.29 is 0 Å². The summed E-state index contributed by atoms with van der Waals surface area (Å²) >= 11 is 0. The minimum atomic E-state index is 0.636. The average molecular weight is 312 g/mol. The second kappa shape index (κ2) is 7.28. The van der Waals surface area contributed by atoms with Gasteiger partial charge in [-0.25, -0.2) is 4.68 Å². The van der Waals surface area contributed by atoms with E-state index in [-0.39, 0.29) is 0 Å². The first kappa shape index (κ1) is 16.2. The Morgan fingerprint density at radius 1 is 1.13 bits per heavy atom. The molecule has 0 bridgehead atoms. The van der Waals surface area contributed by atoms with Gasteiger partial charge in [0, 0.05) is 44.5 Å². The number of benzene rings is 1. The van der Waals surface area contributed by atoms with Crippen LogP contribution in [0.15, 0.2) is 42.6 Å². The Morgan fingerprint density at radius 2 is 1.91 bits per heavy atom. The summed E-state index contributed by atoms with van der Waals surface area (Å²) in [5.74, 6) is 0. The maximum Gasteiger partial charge on any atom is 0.0649 e. The molecular weight excluding hydrogens is 284 g/mol. The monoisotopic (exact) mass is 312 g/mol. The van der Waals surface area contributed by atoms with Gasteiger partial charge in [0.15, 0.2) is 0 Å². The van der Waals surface area contributed by atoms with Gasteiger partial charge >= 0.3 is 0 Å². The van der Waals surface area contributed by atoms with E-state index in [1.807, 2.05) is 12.3 Å². The molecule has 1 unspecified atom stereocenters. The molecule has 3 rings (SSSR count). The summed E-state index contributed by atoms with van der Waals surface area (Å²) in [5.41, 5.74) is 2.41. The maximum atomic E-state index is 4.51. The normalized spacial score (nSPS) is 20.3. The van der Waals surface area contributed by atoms with Crippen LogP contribution >= 0.6 is 0 Å². The van der Waals surface area contributed by atoms with E-state index in [9.17, 15) is 0 Å². The number of para-hydroxylation sites is 1. The van der Waals surface area contributed by atoms with Crippen LogP contribution < -0.4 is 0 Å². The largest absolute Gasteiger partial charge is 0.295 e. The van der Waals surface area contributed by atoms with Gasteiger partial charge in [-0.1, -0.05) is 25.1 Å². The highest BCUT2D eigenvalue weighted by molar-refractivity contribution is 5.32. The zero-order chi connectivity index (χ0) is 16.2. The van der Waals surface area contributed by atoms with Crippen LogP contribution in [0.5, 0.6) is 0 Å². The summed E-state index contributed by atoms with van der Waals surface area (Å²) in [7, 11) is 0. The molecule has 23 heavy (non-hydrogen) atoms. The fourth-order valence-electron chi connectivity index (χ4n) is 3.60. The number of nitrogens with zero attached hydrogens (tertiary/aromatic N) is 4. The van der Waals surface area contributed by atoms with Gasteiger partial charge in [0.05, 0.1) is 11.4 Å². The molecule has 0 N–H and O–H groups in total. The predicted octanol–water partition coefficient (Wildman–Crippen LogP) is 3.18. The fraction of sp³-hybridized carbons (Fsp3) is 0.526. The van der Waals surface area contributed by atoms with Gasteiger partial charge in [-0.15, -0.1) is 0 Å². The van der Waals surface area contributed by atoms with Gasteiger partial charge < -0.3 is 0 Å². The lowest BCUT2D eigenvalue weighted by atomic mass is 10.1. The number of rotatable bonds is 5. The Morgan fingerprint density at radius 3 is 2.61 bits per heavy atom. The molecule has 4 nitrogen and oxygen atoms in total. The molecule has 1 aliphatic rings. The summed E-state index contributed by atoms with van der Waals surface area (Å²) in [5, 5.41) is 4.51. The molecule has 2 heterocycles. The average Bonchev–Trinajstić information content (AvgIpc) is 3.03. The number of aromatic nitrogens is 2. The van der Waals surface area contributed by atoms with Gasteiger partial charge in [0.1, 0.15) is 0 Å². The van der Waals surface area contributed by atoms with E-state index >= 15 is 0 Å². The molecule has 1 aromatic heterocycles. The highest BCUT2D eigenvalue weighted by atomic mass is 15.3. The van der Waals surface area contributed by atoms with Gasteiger partial charge in [0.25, 0.3) is 0 Å². The van der Waals surface area contributed by atoms with Crippen molar-refractivity contribution in [2.75, 3.05) is 19.6 Å². The Bertz CT molecular complexity index is 605. The van der Waals surface area contributed by atoms with Crippen LogP contribution in [0.2, 0.25) is 0 Å². The highest BCUT2D eigenvalue weighted by Crippen LogP contribution is 2.19. The van der Waals surface area contributed by atoms with Crippen molar-refractivity contribution in [3.63, 3.8) is 0 Å². The molecule has 2 aromatic rings. The van der Waals surface area contributed by atoms with Gasteiger partial charge in [-0.05, 0) is 38.5 Å². The summed E-state index contributed by atoms with van der Waals surface area (Å²) < 4.78 is 2.07. The third-order valence-electron chi connectivity index (χ3n) is 4.85. The standard InChI is InChI=1S/C19H28N4/c1-4-17-14-21(12-13-22(17)16(2)3)15-19-10-11-20-23(19)18-8-6-5-7-9-18/h5-11,16-17H,4,12-15H2,1-3H3. The Hall–Kier alpha value is -1.65. The Kier molecular flexibility index (Phi) is 5.13. The predicted molar refractivity (Wildman–Crippen MR) is 94.8 cm³/mol. The number of piperazine rings is 1. The Labute approximate surface area is 139 Å². The van der Waals surface area contributed by atoms with E-state index in [1.54, 1.807) is 0 Å². The van der Waals surface area contributed by atoms with Gasteiger partial charge in [0.2, 0.25) is 0 Å². The van der Waals surface area contributed by atoms with E-state index in [1.165, 1.54) is 12.1 Å². The van der Waals surface area contributed by atoms with Crippen molar-refractivity contribution in [1.82, 2.24) is 19.6 Å². The molecule has 1 aromatic carbocycles. The third kappa shape index (κ3) is 3.65. The highest BCUT2D eigenvalue weighted by Gasteiger charge is 2.27. The molecule has 1 aliphatic heterocycles. The molecule has 1 fully saturated rings. The first-order valence-corrected chi connectivity index (χ1v) is 8.75. The molecule has 1 saturated heterocycles. The number of hydrogen-bond acceptors (Lipinski definition) is 3. The van der Waals surface area contributed by atoms with Crippen LogP contribution in [-0.2, 0) is 6.54 Å². The second-order valence-corrected chi connectivity index (χ2v) is 6.70. The first-order chi connectivity index (χ1) is 11.2. The first-order valence-electron chi connectivity index (χ1n) is 8.75. The summed E-state index contributed by atoms with van der Waals surface area (Å²) in [6, 6.07) is 13.8. The number of hydrogen-bond donors (Lipinski definition) is 0. The second-order valence-electron chi connectivity index (χ2n) is 6.70. The molecule has 0 saturated carbocycles. The lowest BCUT2D eigenvalue weighted by Crippen LogP contribution is -2.54. The third-order valence-corrected chi connectivity index (χ3v) is 4.85. The van der Waals surface area contributed by atoms with E-state index < -0.39 is 0 Å². The zero-order valence-electron chi connectivity index (χ0n) is 14.5. The van der Waals surface area contributed by atoms with E-state index in [0.29, 0.717) is 12.1 Å². The molecule has 0 aliphatic carbocycles. The van der Waals surface area contributed by atoms with Crippen LogP contribution in [0.3, 0.4) is 0 Å². The van der Waals surface area contributed by atoms with Gasteiger partial charge in [-0.3, -0.25) is 9.80 Å². The molecule has 124 valence electrons. The summed E-state index contributed by atoms with van der Waals surface area (Å²) in [6.07, 6.45) is 3.12. The van der Waals surface area contributed by atoms with Crippen molar-refractivity contribution in [2.24, 2.45) is 0 Å². The van der Waals surface area contributed by atoms with E-state index in [2.05, 4.69) is 70.7 Å². The summed E-state index contributed by atoms with van der Waals surface area (Å²) in [4.78, 5) is 5.22. The van der Waals surface area contributed by atoms with Crippen LogP contribution in [0, 0.1) is 0 Å². The maximum absolute atomic E-state index is 4.51. The Balaban J connectivity index is 1.71. The van der Waals surface area contributed by atoms with Crippen molar-refractivity contribution in [2.45, 2.75) is 45.8 Å². The quantitative estimate of drug-likeness (QED) is 0.847. The van der Waals surface area contributed by atoms with E-state index in [4.69, 9.17) is 0 Å². The van der Waals surface area contributed by atoms with Crippen LogP contribution in [0.25, 0.3) is 5.69 Å². The molecular formula is C19H28N4. The lowest BCUT2D eigenvalue weighted by Gasteiger charge is -2.43. The van der Waals surface area contributed by atoms with Crippen molar-refractivity contribution in [3.8, 4) is 5.69 Å². The lowest BCUT2D eigenvalue weighted by molar-refractivity contribution is 0.0448. The zero-order valence-corrected chi connectivity index (χ0v) is 14.5. The summed E-state index contributed by atoms with van der Waals surface area (Å²) in [6.45, 7) is 11.3. The smallest absolute Gasteiger partial charge is 0.0649 e. The van der Waals surface area contributed by atoms with Crippen LogP contribution in [-0.4, -0.2) is 51.3 Å². The molecule has 0 spiro atoms. The molecule has 1 atom stereocenters. The molecule has 0 radical (unpaired) electrons. The topological polar surface area (TPSA) is 24.3 Å². The van der Waals surface area contributed by atoms with Crippen molar-refractivity contribution >= 4 is 0 Å². The van der Waals surface area contributed by atoms with E-state index in [0.717, 1.165) is 31.9 Å². The minimum absolute atomic E-state index is 0.636. The SMILES string of the molecule is CCC1CN(Cc2ccnn2-c2ccccc2)CCN1C(C)C. The molecule has 4 heteroatoms. The minimum Gasteiger partial charge on any atom is -0.295 e. The van der Waals surface area contributed by atoms with Crippen LogP contribution in [0.1, 0.15) is 32.9 Å².